The van der Waals surface area contributed by atoms with Gasteiger partial charge < -0.3 is 0 Å². The number of hydrogen-bond acceptors (Lipinski definition) is 4. The van der Waals surface area contributed by atoms with Gasteiger partial charge in [0.25, 0.3) is 0 Å². The number of aromatic nitrogens is 1. The summed E-state index contributed by atoms with van der Waals surface area (Å²) in [6.07, 6.45) is -3.33. The van der Waals surface area contributed by atoms with Crippen molar-refractivity contribution in [2.75, 3.05) is 10.5 Å². The monoisotopic (exact) mass is 385 g/mol. The molecule has 1 aliphatic heterocycles. The number of Topliss-reactive ketones (excluding diaryl/α,β-unsaturated/α-hetero) is 1. The molecule has 0 saturated carbocycles. The number of aliphatic imine (C=N–C) groups is 1. The summed E-state index contributed by atoms with van der Waals surface area (Å²) in [5.74, 6) is -1.69. The summed E-state index contributed by atoms with van der Waals surface area (Å²) in [4.78, 5) is 27.4. The Kier molecular flexibility index (Phi) is 4.18. The normalized spacial score (nSPS) is 14.8. The Morgan fingerprint density at radius 1 is 1.12 bits per heavy atom. The van der Waals surface area contributed by atoms with Crippen molar-refractivity contribution >= 4 is 33.2 Å². The predicted octanol–water partition coefficient (Wildman–Crippen LogP) is 2.55. The Morgan fingerprint density at radius 3 is 2.54 bits per heavy atom. The zero-order chi connectivity index (χ0) is 19.1. The molecule has 0 radical (unpaired) electrons. The van der Waals surface area contributed by atoms with Crippen molar-refractivity contribution in [1.29, 1.82) is 0 Å². The molecule has 0 bridgehead atoms. The smallest absolute Gasteiger partial charge is 0.285 e. The lowest BCUT2D eigenvalue weighted by molar-refractivity contribution is -0.137. The molecule has 1 aromatic carbocycles. The summed E-state index contributed by atoms with van der Waals surface area (Å²) in [5, 5.41) is 0. The molecule has 136 valence electrons. The number of alkyl halides is 3. The third-order valence-electron chi connectivity index (χ3n) is 3.47. The molecule has 1 N–H and O–H groups in total. The van der Waals surface area contributed by atoms with Crippen LogP contribution in [0.4, 0.5) is 23.7 Å². The zero-order valence-electron chi connectivity index (χ0n) is 12.8. The largest absolute Gasteiger partial charge is 0.416 e. The van der Waals surface area contributed by atoms with Gasteiger partial charge in [-0.15, -0.1) is 0 Å². The number of nitrogens with zero attached hydrogens (tertiary/aromatic N) is 2. The predicted molar refractivity (Wildman–Crippen MR) is 85.8 cm³/mol. The van der Waals surface area contributed by atoms with Crippen LogP contribution in [0.2, 0.25) is 0 Å². The molecular formula is C15H10F3N3O4S. The molecule has 0 unspecified atom stereocenters. The minimum Gasteiger partial charge on any atom is -0.285 e. The van der Waals surface area contributed by atoms with Crippen molar-refractivity contribution in [3.05, 3.63) is 53.9 Å². The number of carbonyl (C=O) groups is 2. The van der Waals surface area contributed by atoms with Gasteiger partial charge in [0.1, 0.15) is 11.5 Å². The van der Waals surface area contributed by atoms with Crippen molar-refractivity contribution in [2.24, 2.45) is 4.99 Å². The van der Waals surface area contributed by atoms with Gasteiger partial charge >= 0.3 is 12.2 Å². The van der Waals surface area contributed by atoms with Gasteiger partial charge in [-0.25, -0.2) is 13.2 Å². The number of anilines is 1. The number of fused-ring (bicyclic) bond motifs is 1. The molecule has 2 aromatic rings. The Hall–Kier alpha value is -2.95. The summed E-state index contributed by atoms with van der Waals surface area (Å²) in [6, 6.07) is 5.53. The third kappa shape index (κ3) is 3.52. The van der Waals surface area contributed by atoms with Gasteiger partial charge in [0.15, 0.2) is 0 Å². The summed E-state index contributed by atoms with van der Waals surface area (Å²) < 4.78 is 65.4. The minimum absolute atomic E-state index is 0.0331. The fourth-order valence-corrected chi connectivity index (χ4v) is 3.47. The average Bonchev–Trinajstić information content (AvgIpc) is 3.01. The highest BCUT2D eigenvalue weighted by molar-refractivity contribution is 7.93. The number of amides is 1. The second-order valence-electron chi connectivity index (χ2n) is 5.37. The number of hydrogen-bond donors (Lipinski definition) is 1. The molecule has 7 nitrogen and oxygen atoms in total. The van der Waals surface area contributed by atoms with Crippen molar-refractivity contribution in [2.45, 2.75) is 6.18 Å². The van der Waals surface area contributed by atoms with E-state index in [0.29, 0.717) is 6.07 Å². The van der Waals surface area contributed by atoms with E-state index in [1.165, 1.54) is 18.3 Å². The summed E-state index contributed by atoms with van der Waals surface area (Å²) >= 11 is 0. The Bertz CT molecular complexity index is 1040. The van der Waals surface area contributed by atoms with Gasteiger partial charge in [0.05, 0.1) is 11.3 Å². The second-order valence-corrected chi connectivity index (χ2v) is 7.10. The van der Waals surface area contributed by atoms with Crippen LogP contribution in [0.3, 0.4) is 0 Å². The topological polar surface area (TPSA) is 97.6 Å². The second kappa shape index (κ2) is 6.09. The van der Waals surface area contributed by atoms with E-state index in [1.807, 2.05) is 4.72 Å². The molecule has 26 heavy (non-hydrogen) atoms. The van der Waals surface area contributed by atoms with E-state index in [4.69, 9.17) is 0 Å². The van der Waals surface area contributed by atoms with E-state index >= 15 is 0 Å². The minimum atomic E-state index is -4.64. The number of ketones is 1. The molecular weight excluding hydrogens is 375 g/mol. The standard InChI is InChI=1S/C15H10F3N3O4S/c16-15(17,18)9-3-1-4-10(7-9)20-26(24,25)8-11-13(22)12-5-2-6-21(12)14(23)19-11/h1-7,20H,8H2. The zero-order valence-corrected chi connectivity index (χ0v) is 13.6. The third-order valence-corrected chi connectivity index (χ3v) is 4.67. The van der Waals surface area contributed by atoms with E-state index in [0.717, 1.165) is 22.8 Å². The molecule has 0 saturated heterocycles. The lowest BCUT2D eigenvalue weighted by atomic mass is 10.2. The molecule has 11 heteroatoms. The van der Waals surface area contributed by atoms with E-state index in [9.17, 15) is 31.2 Å². The van der Waals surface area contributed by atoms with Gasteiger partial charge in [-0.3, -0.25) is 14.1 Å². The van der Waals surface area contributed by atoms with Crippen molar-refractivity contribution in [1.82, 2.24) is 4.57 Å². The van der Waals surface area contributed by atoms with Crippen molar-refractivity contribution in [3.8, 4) is 0 Å². The maximum Gasteiger partial charge on any atom is 0.416 e. The molecule has 2 heterocycles. The van der Waals surface area contributed by atoms with Crippen LogP contribution in [-0.2, 0) is 16.2 Å². The van der Waals surface area contributed by atoms with Crippen LogP contribution >= 0.6 is 0 Å². The fraction of sp³-hybridized carbons (Fsp3) is 0.133. The molecule has 0 fully saturated rings. The van der Waals surface area contributed by atoms with Crippen molar-refractivity contribution in [3.63, 3.8) is 0 Å². The van der Waals surface area contributed by atoms with Crippen LogP contribution in [-0.4, -0.2) is 36.3 Å². The number of rotatable bonds is 4. The van der Waals surface area contributed by atoms with Crippen LogP contribution in [0, 0.1) is 0 Å². The first-order chi connectivity index (χ1) is 12.1. The Morgan fingerprint density at radius 2 is 1.85 bits per heavy atom. The highest BCUT2D eigenvalue weighted by Crippen LogP contribution is 2.30. The lowest BCUT2D eigenvalue weighted by Crippen LogP contribution is -2.34. The SMILES string of the molecule is O=C1C(CS(=O)(=O)Nc2cccc(C(F)(F)F)c2)=NC(=O)n2cccc21. The molecule has 1 aromatic heterocycles. The van der Waals surface area contributed by atoms with Crippen LogP contribution < -0.4 is 4.72 Å². The highest BCUT2D eigenvalue weighted by Gasteiger charge is 2.32. The molecule has 0 atom stereocenters. The molecule has 1 aliphatic rings. The van der Waals surface area contributed by atoms with Gasteiger partial charge in [0.2, 0.25) is 15.8 Å². The van der Waals surface area contributed by atoms with E-state index < -0.39 is 45.0 Å². The first kappa shape index (κ1) is 17.9. The van der Waals surface area contributed by atoms with E-state index in [-0.39, 0.29) is 11.4 Å². The quantitative estimate of drug-likeness (QED) is 0.875. The number of benzene rings is 1. The molecule has 0 spiro atoms. The number of halogens is 3. The maximum atomic E-state index is 12.7. The molecule has 1 amide bonds. The highest BCUT2D eigenvalue weighted by atomic mass is 32.2. The number of nitrogens with one attached hydrogen (secondary N) is 1. The molecule has 0 aliphatic carbocycles. The van der Waals surface area contributed by atoms with Crippen molar-refractivity contribution < 1.29 is 31.2 Å². The Balaban J connectivity index is 1.82. The van der Waals surface area contributed by atoms with Gasteiger partial charge in [0, 0.05) is 11.9 Å². The first-order valence-corrected chi connectivity index (χ1v) is 8.74. The van der Waals surface area contributed by atoms with Crippen LogP contribution in [0.1, 0.15) is 16.1 Å². The van der Waals surface area contributed by atoms with Gasteiger partial charge in [-0.1, -0.05) is 6.07 Å². The van der Waals surface area contributed by atoms with Crippen LogP contribution in [0.5, 0.6) is 0 Å². The lowest BCUT2D eigenvalue weighted by Gasteiger charge is -2.14. The van der Waals surface area contributed by atoms with Gasteiger partial charge in [-0.05, 0) is 30.3 Å². The summed E-state index contributed by atoms with van der Waals surface area (Å²) in [5.41, 5.74) is -1.90. The van der Waals surface area contributed by atoms with Crippen LogP contribution in [0.25, 0.3) is 0 Å². The van der Waals surface area contributed by atoms with Gasteiger partial charge in [-0.2, -0.15) is 18.2 Å². The summed E-state index contributed by atoms with van der Waals surface area (Å²) in [6.45, 7) is 0. The maximum absolute atomic E-state index is 12.7. The molecule has 3 rings (SSSR count). The number of sulfonamides is 1. The number of carbonyl (C=O) groups excluding carboxylic acids is 2. The Labute approximate surface area is 145 Å². The average molecular weight is 385 g/mol. The summed E-state index contributed by atoms with van der Waals surface area (Å²) in [7, 11) is -4.27. The van der Waals surface area contributed by atoms with E-state index in [2.05, 4.69) is 4.99 Å². The van der Waals surface area contributed by atoms with Crippen LogP contribution in [0.15, 0.2) is 47.6 Å². The van der Waals surface area contributed by atoms with E-state index in [1.54, 1.807) is 0 Å². The first-order valence-electron chi connectivity index (χ1n) is 7.08. The fourth-order valence-electron chi connectivity index (χ4n) is 2.35.